The number of carbonyl (C=O) groups excluding carboxylic acids is 3. The van der Waals surface area contributed by atoms with E-state index in [4.69, 9.17) is 4.42 Å². The summed E-state index contributed by atoms with van der Waals surface area (Å²) in [6.07, 6.45) is 1.21. The lowest BCUT2D eigenvalue weighted by Gasteiger charge is -2.22. The molecule has 0 bridgehead atoms. The molecule has 1 aliphatic heterocycles. The summed E-state index contributed by atoms with van der Waals surface area (Å²) in [6, 6.07) is 3.15. The molecule has 1 saturated heterocycles. The molecule has 9 heteroatoms. The minimum atomic E-state index is -1.79. The Labute approximate surface area is 146 Å². The normalized spacial score (nSPS) is 19.6. The number of furan rings is 1. The van der Waals surface area contributed by atoms with E-state index in [0.717, 1.165) is 23.1 Å². The maximum absolute atomic E-state index is 14.1. The quantitative estimate of drug-likeness (QED) is 0.664. The Morgan fingerprint density at radius 1 is 1.31 bits per heavy atom. The number of esters is 1. The Bertz CT molecular complexity index is 910. The highest BCUT2D eigenvalue weighted by molar-refractivity contribution is 6.07. The van der Waals surface area contributed by atoms with Crippen LogP contribution in [-0.4, -0.2) is 29.9 Å². The Hall–Kier alpha value is -3.23. The van der Waals surface area contributed by atoms with E-state index in [1.165, 1.54) is 26.4 Å². The van der Waals surface area contributed by atoms with Crippen LogP contribution in [0.25, 0.3) is 0 Å². The van der Waals surface area contributed by atoms with E-state index in [-0.39, 0.29) is 23.4 Å². The van der Waals surface area contributed by atoms with E-state index in [9.17, 15) is 23.2 Å². The van der Waals surface area contributed by atoms with Crippen molar-refractivity contribution in [2.45, 2.75) is 19.0 Å². The van der Waals surface area contributed by atoms with Gasteiger partial charge >= 0.3 is 12.0 Å². The second-order valence-corrected chi connectivity index (χ2v) is 5.82. The van der Waals surface area contributed by atoms with Crippen LogP contribution in [0.15, 0.2) is 34.9 Å². The molecule has 3 rings (SSSR count). The molecule has 0 radical (unpaired) electrons. The van der Waals surface area contributed by atoms with Crippen molar-refractivity contribution >= 4 is 17.9 Å². The molecule has 0 aliphatic carbocycles. The molecule has 0 saturated carbocycles. The number of amides is 3. The third-order valence-electron chi connectivity index (χ3n) is 4.19. The van der Waals surface area contributed by atoms with Crippen LogP contribution in [0.3, 0.4) is 0 Å². The highest BCUT2D eigenvalue weighted by Gasteiger charge is 2.50. The minimum absolute atomic E-state index is 0.0318. The molecular formula is C17H14F2N2O5. The SMILES string of the molecule is COC(=O)c1ccoc1CN1C(=O)NC(C)(c2cc(F)ccc2F)C1=O. The van der Waals surface area contributed by atoms with Crippen molar-refractivity contribution in [2.75, 3.05) is 7.11 Å². The van der Waals surface area contributed by atoms with Gasteiger partial charge in [0.1, 0.15) is 28.5 Å². The summed E-state index contributed by atoms with van der Waals surface area (Å²) in [5.74, 6) is -3.05. The van der Waals surface area contributed by atoms with Crippen molar-refractivity contribution in [1.29, 1.82) is 0 Å². The lowest BCUT2D eigenvalue weighted by atomic mass is 9.91. The summed E-state index contributed by atoms with van der Waals surface area (Å²) in [6.45, 7) is 0.906. The Kier molecular flexibility index (Phi) is 4.23. The highest BCUT2D eigenvalue weighted by atomic mass is 19.1. The first-order valence-electron chi connectivity index (χ1n) is 7.52. The van der Waals surface area contributed by atoms with E-state index in [2.05, 4.69) is 10.1 Å². The van der Waals surface area contributed by atoms with Gasteiger partial charge in [-0.05, 0) is 31.2 Å². The smallest absolute Gasteiger partial charge is 0.341 e. The van der Waals surface area contributed by atoms with Crippen LogP contribution in [0, 0.1) is 11.6 Å². The number of halogens is 2. The highest BCUT2D eigenvalue weighted by Crippen LogP contribution is 2.32. The van der Waals surface area contributed by atoms with Gasteiger partial charge < -0.3 is 14.5 Å². The van der Waals surface area contributed by atoms with E-state index >= 15 is 0 Å². The minimum Gasteiger partial charge on any atom is -0.467 e. The van der Waals surface area contributed by atoms with Crippen LogP contribution in [0.2, 0.25) is 0 Å². The first kappa shape index (κ1) is 17.6. The molecule has 7 nitrogen and oxygen atoms in total. The van der Waals surface area contributed by atoms with Crippen LogP contribution in [0.4, 0.5) is 13.6 Å². The predicted octanol–water partition coefficient (Wildman–Crippen LogP) is 2.31. The summed E-state index contributed by atoms with van der Waals surface area (Å²) in [5, 5.41) is 2.36. The van der Waals surface area contributed by atoms with Crippen LogP contribution < -0.4 is 5.32 Å². The second-order valence-electron chi connectivity index (χ2n) is 5.82. The molecule has 1 aromatic heterocycles. The maximum atomic E-state index is 14.1. The van der Waals surface area contributed by atoms with Crippen molar-refractivity contribution in [3.05, 3.63) is 59.1 Å². The number of imide groups is 1. The summed E-state index contributed by atoms with van der Waals surface area (Å²) in [7, 11) is 1.18. The third kappa shape index (κ3) is 2.71. The van der Waals surface area contributed by atoms with E-state index in [1.807, 2.05) is 0 Å². The molecule has 1 atom stereocenters. The number of urea groups is 1. The first-order valence-corrected chi connectivity index (χ1v) is 7.52. The molecule has 1 aromatic carbocycles. The molecule has 136 valence electrons. The second kappa shape index (κ2) is 6.25. The maximum Gasteiger partial charge on any atom is 0.341 e. The first-order chi connectivity index (χ1) is 12.3. The predicted molar refractivity (Wildman–Crippen MR) is 82.8 cm³/mol. The molecule has 0 spiro atoms. The summed E-state index contributed by atoms with van der Waals surface area (Å²) >= 11 is 0. The number of ether oxygens (including phenoxy) is 1. The van der Waals surface area contributed by atoms with Crippen molar-refractivity contribution < 1.29 is 32.3 Å². The number of rotatable bonds is 4. The monoisotopic (exact) mass is 364 g/mol. The number of nitrogens with zero attached hydrogens (tertiary/aromatic N) is 1. The number of hydrogen-bond donors (Lipinski definition) is 1. The lowest BCUT2D eigenvalue weighted by molar-refractivity contribution is -0.131. The molecule has 1 unspecified atom stereocenters. The van der Waals surface area contributed by atoms with Gasteiger partial charge in [-0.3, -0.25) is 9.69 Å². The number of benzene rings is 1. The number of methoxy groups -OCH3 is 1. The van der Waals surface area contributed by atoms with Gasteiger partial charge in [0.05, 0.1) is 19.9 Å². The fourth-order valence-corrected chi connectivity index (χ4v) is 2.80. The zero-order valence-electron chi connectivity index (χ0n) is 13.8. The Morgan fingerprint density at radius 2 is 2.04 bits per heavy atom. The van der Waals surface area contributed by atoms with Crippen LogP contribution in [0.5, 0.6) is 0 Å². The zero-order chi connectivity index (χ0) is 19.1. The van der Waals surface area contributed by atoms with Crippen molar-refractivity contribution in [3.8, 4) is 0 Å². The van der Waals surface area contributed by atoms with Crippen molar-refractivity contribution in [2.24, 2.45) is 0 Å². The molecule has 2 aromatic rings. The zero-order valence-corrected chi connectivity index (χ0v) is 13.8. The van der Waals surface area contributed by atoms with Crippen LogP contribution in [-0.2, 0) is 21.6 Å². The summed E-state index contributed by atoms with van der Waals surface area (Å²) < 4.78 is 37.4. The fourth-order valence-electron chi connectivity index (χ4n) is 2.80. The Balaban J connectivity index is 1.94. The third-order valence-corrected chi connectivity index (χ3v) is 4.19. The lowest BCUT2D eigenvalue weighted by Crippen LogP contribution is -2.41. The largest absolute Gasteiger partial charge is 0.467 e. The topological polar surface area (TPSA) is 88.8 Å². The summed E-state index contributed by atoms with van der Waals surface area (Å²) in [5.41, 5.74) is -2.04. The van der Waals surface area contributed by atoms with E-state index in [1.54, 1.807) is 0 Å². The number of carbonyl (C=O) groups is 3. The van der Waals surface area contributed by atoms with Gasteiger partial charge in [0.25, 0.3) is 5.91 Å². The fraction of sp³-hybridized carbons (Fsp3) is 0.235. The molecule has 26 heavy (non-hydrogen) atoms. The number of hydrogen-bond acceptors (Lipinski definition) is 5. The molecular weight excluding hydrogens is 350 g/mol. The van der Waals surface area contributed by atoms with Gasteiger partial charge in [-0.1, -0.05) is 0 Å². The molecule has 1 N–H and O–H groups in total. The average molecular weight is 364 g/mol. The van der Waals surface area contributed by atoms with Gasteiger partial charge in [0.15, 0.2) is 0 Å². The summed E-state index contributed by atoms with van der Waals surface area (Å²) in [4.78, 5) is 37.5. The van der Waals surface area contributed by atoms with Gasteiger partial charge in [0.2, 0.25) is 0 Å². The molecule has 1 aliphatic rings. The number of nitrogens with one attached hydrogen (secondary N) is 1. The van der Waals surface area contributed by atoms with E-state index < -0.39 is 35.1 Å². The van der Waals surface area contributed by atoms with Gasteiger partial charge in [-0.25, -0.2) is 18.4 Å². The Morgan fingerprint density at radius 3 is 2.73 bits per heavy atom. The van der Waals surface area contributed by atoms with Gasteiger partial charge in [0, 0.05) is 5.56 Å². The molecule has 2 heterocycles. The van der Waals surface area contributed by atoms with Crippen molar-refractivity contribution in [1.82, 2.24) is 10.2 Å². The van der Waals surface area contributed by atoms with Gasteiger partial charge in [-0.2, -0.15) is 0 Å². The molecule has 3 amide bonds. The van der Waals surface area contributed by atoms with E-state index in [0.29, 0.717) is 0 Å². The standard InChI is InChI=1S/C17H14F2N2O5/c1-17(11-7-9(18)3-4-12(11)19)15(23)21(16(24)20-17)8-13-10(5-6-26-13)14(22)25-2/h3-7H,8H2,1-2H3,(H,20,24). The van der Waals surface area contributed by atoms with Crippen LogP contribution >= 0.6 is 0 Å². The van der Waals surface area contributed by atoms with Crippen molar-refractivity contribution in [3.63, 3.8) is 0 Å². The van der Waals surface area contributed by atoms with Crippen LogP contribution in [0.1, 0.15) is 28.6 Å². The average Bonchev–Trinajstić information content (AvgIpc) is 3.15. The molecule has 1 fully saturated rings. The van der Waals surface area contributed by atoms with Gasteiger partial charge in [-0.15, -0.1) is 0 Å².